The molecule has 1 aliphatic rings. The molecule has 0 N–H and O–H groups in total. The van der Waals surface area contributed by atoms with Crippen LogP contribution in [0.3, 0.4) is 0 Å². The van der Waals surface area contributed by atoms with Crippen LogP contribution in [0.4, 0.5) is 18.9 Å². The van der Waals surface area contributed by atoms with E-state index >= 15 is 0 Å². The Hall–Kier alpha value is -1.56. The normalized spacial score (nSPS) is 15.1. The summed E-state index contributed by atoms with van der Waals surface area (Å²) in [7, 11) is 0. The van der Waals surface area contributed by atoms with Crippen LogP contribution in [0.2, 0.25) is 0 Å². The zero-order valence-corrected chi connectivity index (χ0v) is 11.7. The lowest BCUT2D eigenvalue weighted by Gasteiger charge is -2.19. The van der Waals surface area contributed by atoms with Crippen molar-refractivity contribution in [3.05, 3.63) is 33.9 Å². The number of rotatable bonds is 2. The van der Waals surface area contributed by atoms with E-state index in [1.54, 1.807) is 11.8 Å². The first-order chi connectivity index (χ1) is 9.56. The van der Waals surface area contributed by atoms with Crippen LogP contribution < -0.4 is 4.90 Å². The van der Waals surface area contributed by atoms with Crippen LogP contribution in [0.15, 0.2) is 12.1 Å². The second kappa shape index (κ2) is 5.09. The van der Waals surface area contributed by atoms with Gasteiger partial charge in [-0.05, 0) is 31.9 Å². The molecule has 20 heavy (non-hydrogen) atoms. The van der Waals surface area contributed by atoms with Crippen molar-refractivity contribution in [3.8, 4) is 11.3 Å². The second-order valence-corrected chi connectivity index (χ2v) is 5.99. The number of anilines is 1. The molecule has 0 radical (unpaired) electrons. The average molecular weight is 298 g/mol. The Morgan fingerprint density at radius 3 is 2.20 bits per heavy atom. The molecule has 1 fully saturated rings. The summed E-state index contributed by atoms with van der Waals surface area (Å²) in [6, 6.07) is 2.32. The molecular formula is C14H13F3N2S. The monoisotopic (exact) mass is 298 g/mol. The van der Waals surface area contributed by atoms with E-state index in [0.717, 1.165) is 36.3 Å². The van der Waals surface area contributed by atoms with E-state index in [0.29, 0.717) is 18.1 Å². The smallest absolute Gasteiger partial charge is 0.204 e. The quantitative estimate of drug-likeness (QED) is 0.828. The summed E-state index contributed by atoms with van der Waals surface area (Å²) >= 11 is 0.872. The molecule has 0 bridgehead atoms. The predicted octanol–water partition coefficient (Wildman–Crippen LogP) is 4.14. The number of aryl methyl sites for hydroxylation is 1. The molecule has 1 aromatic carbocycles. The molecule has 2 heterocycles. The third-order valence-electron chi connectivity index (χ3n) is 3.41. The standard InChI is InChI=1S/C14H13F3N2S/c1-8-18-12(14(17)20-8)9-6-10(15)13(11(16)7-9)19-4-2-3-5-19/h6-7H,2-5H2,1H3. The average Bonchev–Trinajstić information content (AvgIpc) is 2.98. The molecule has 0 amide bonds. The number of thiazole rings is 1. The predicted molar refractivity (Wildman–Crippen MR) is 73.6 cm³/mol. The molecule has 106 valence electrons. The molecule has 0 aliphatic carbocycles. The first kappa shape index (κ1) is 13.4. The zero-order chi connectivity index (χ0) is 14.3. The van der Waals surface area contributed by atoms with Gasteiger partial charge in [-0.3, -0.25) is 0 Å². The highest BCUT2D eigenvalue weighted by atomic mass is 32.1. The molecule has 0 saturated carbocycles. The van der Waals surface area contributed by atoms with Crippen molar-refractivity contribution in [1.29, 1.82) is 0 Å². The van der Waals surface area contributed by atoms with Crippen LogP contribution in [0.25, 0.3) is 11.3 Å². The molecule has 6 heteroatoms. The highest BCUT2D eigenvalue weighted by molar-refractivity contribution is 7.10. The number of halogens is 3. The van der Waals surface area contributed by atoms with Crippen molar-refractivity contribution >= 4 is 17.0 Å². The van der Waals surface area contributed by atoms with Gasteiger partial charge in [-0.15, -0.1) is 0 Å². The minimum absolute atomic E-state index is 0.0123. The molecule has 0 atom stereocenters. The maximum absolute atomic E-state index is 14.2. The number of nitrogens with zero attached hydrogens (tertiary/aromatic N) is 2. The van der Waals surface area contributed by atoms with E-state index < -0.39 is 16.8 Å². The molecule has 0 spiro atoms. The lowest BCUT2D eigenvalue weighted by atomic mass is 10.1. The minimum atomic E-state index is -0.660. The van der Waals surface area contributed by atoms with E-state index in [2.05, 4.69) is 4.98 Å². The van der Waals surface area contributed by atoms with E-state index in [9.17, 15) is 13.2 Å². The molecule has 0 unspecified atom stereocenters. The largest absolute Gasteiger partial charge is 0.367 e. The maximum atomic E-state index is 14.2. The van der Waals surface area contributed by atoms with Gasteiger partial charge in [0.05, 0.1) is 5.01 Å². The first-order valence-electron chi connectivity index (χ1n) is 6.43. The van der Waals surface area contributed by atoms with Gasteiger partial charge in [-0.25, -0.2) is 13.8 Å². The number of aromatic nitrogens is 1. The van der Waals surface area contributed by atoms with E-state index in [4.69, 9.17) is 0 Å². The fourth-order valence-electron chi connectivity index (χ4n) is 2.53. The van der Waals surface area contributed by atoms with E-state index in [1.807, 2.05) is 0 Å². The van der Waals surface area contributed by atoms with Gasteiger partial charge in [0.1, 0.15) is 23.0 Å². The van der Waals surface area contributed by atoms with Gasteiger partial charge in [-0.2, -0.15) is 4.39 Å². The Labute approximate surface area is 118 Å². The number of hydrogen-bond acceptors (Lipinski definition) is 3. The topological polar surface area (TPSA) is 16.1 Å². The Balaban J connectivity index is 2.05. The summed E-state index contributed by atoms with van der Waals surface area (Å²) in [5.41, 5.74) is 0.140. The van der Waals surface area contributed by atoms with Gasteiger partial charge in [-0.1, -0.05) is 11.3 Å². The van der Waals surface area contributed by atoms with Crippen LogP contribution in [0.5, 0.6) is 0 Å². The van der Waals surface area contributed by atoms with Gasteiger partial charge in [0.2, 0.25) is 5.13 Å². The van der Waals surface area contributed by atoms with Gasteiger partial charge in [0.15, 0.2) is 0 Å². The summed E-state index contributed by atoms with van der Waals surface area (Å²) < 4.78 is 42.0. The summed E-state index contributed by atoms with van der Waals surface area (Å²) in [5, 5.41) is 0.0113. The third-order valence-corrected chi connectivity index (χ3v) is 4.16. The number of benzene rings is 1. The Kier molecular flexibility index (Phi) is 3.41. The van der Waals surface area contributed by atoms with Gasteiger partial charge < -0.3 is 4.90 Å². The van der Waals surface area contributed by atoms with E-state index in [-0.39, 0.29) is 16.9 Å². The summed E-state index contributed by atoms with van der Waals surface area (Å²) in [6.45, 7) is 2.96. The van der Waals surface area contributed by atoms with Crippen LogP contribution in [-0.4, -0.2) is 18.1 Å². The van der Waals surface area contributed by atoms with Crippen molar-refractivity contribution in [2.75, 3.05) is 18.0 Å². The second-order valence-electron chi connectivity index (χ2n) is 4.84. The third kappa shape index (κ3) is 2.28. The molecular weight excluding hydrogens is 285 g/mol. The highest BCUT2D eigenvalue weighted by Gasteiger charge is 2.22. The van der Waals surface area contributed by atoms with Gasteiger partial charge in [0.25, 0.3) is 0 Å². The highest BCUT2D eigenvalue weighted by Crippen LogP contribution is 2.33. The zero-order valence-electron chi connectivity index (χ0n) is 10.9. The van der Waals surface area contributed by atoms with Crippen LogP contribution in [0.1, 0.15) is 17.8 Å². The van der Waals surface area contributed by atoms with Crippen molar-refractivity contribution < 1.29 is 13.2 Å². The van der Waals surface area contributed by atoms with Crippen molar-refractivity contribution in [3.63, 3.8) is 0 Å². The summed E-state index contributed by atoms with van der Waals surface area (Å²) in [6.07, 6.45) is 1.86. The molecule has 3 rings (SSSR count). The maximum Gasteiger partial charge on any atom is 0.204 e. The SMILES string of the molecule is Cc1nc(-c2cc(F)c(N3CCCC3)c(F)c2)c(F)s1. The number of hydrogen-bond donors (Lipinski definition) is 0. The lowest BCUT2D eigenvalue weighted by Crippen LogP contribution is -2.20. The molecule has 2 aromatic rings. The van der Waals surface area contributed by atoms with Crippen molar-refractivity contribution in [1.82, 2.24) is 4.98 Å². The molecule has 1 saturated heterocycles. The van der Waals surface area contributed by atoms with Gasteiger partial charge in [0, 0.05) is 18.7 Å². The first-order valence-corrected chi connectivity index (χ1v) is 7.25. The van der Waals surface area contributed by atoms with E-state index in [1.165, 1.54) is 0 Å². The Morgan fingerprint density at radius 2 is 1.70 bits per heavy atom. The van der Waals surface area contributed by atoms with Crippen molar-refractivity contribution in [2.24, 2.45) is 0 Å². The summed E-state index contributed by atoms with van der Waals surface area (Å²) in [5.74, 6) is -1.32. The fourth-order valence-corrected chi connectivity index (χ4v) is 3.18. The molecule has 2 nitrogen and oxygen atoms in total. The minimum Gasteiger partial charge on any atom is -0.367 e. The van der Waals surface area contributed by atoms with Crippen molar-refractivity contribution in [2.45, 2.75) is 19.8 Å². The van der Waals surface area contributed by atoms with Gasteiger partial charge >= 0.3 is 0 Å². The van der Waals surface area contributed by atoms with Crippen LogP contribution in [-0.2, 0) is 0 Å². The fraction of sp³-hybridized carbons (Fsp3) is 0.357. The van der Waals surface area contributed by atoms with Crippen LogP contribution in [0, 0.1) is 23.7 Å². The Morgan fingerprint density at radius 1 is 1.10 bits per heavy atom. The molecule has 1 aromatic heterocycles. The molecule has 1 aliphatic heterocycles. The summed E-state index contributed by atoms with van der Waals surface area (Å²) in [4.78, 5) is 5.68. The van der Waals surface area contributed by atoms with Crippen LogP contribution >= 0.6 is 11.3 Å². The lowest BCUT2D eigenvalue weighted by molar-refractivity contribution is 0.578. The Bertz CT molecular complexity index is 625.